The van der Waals surface area contributed by atoms with Gasteiger partial charge in [0.05, 0.1) is 17.6 Å². The van der Waals surface area contributed by atoms with Crippen molar-refractivity contribution in [1.82, 2.24) is 5.32 Å². The van der Waals surface area contributed by atoms with Gasteiger partial charge < -0.3 is 10.4 Å². The molecule has 0 atom stereocenters. The Hall–Kier alpha value is -2.64. The molecule has 0 aliphatic heterocycles. The summed E-state index contributed by atoms with van der Waals surface area (Å²) in [6, 6.07) is 18.5. The average molecular weight is 334 g/mol. The van der Waals surface area contributed by atoms with Gasteiger partial charge in [-0.05, 0) is 48.4 Å². The molecule has 3 rings (SSSR count). The molecular formula is C21H22N2O2. The first-order valence-corrected chi connectivity index (χ1v) is 8.72. The van der Waals surface area contributed by atoms with Crippen molar-refractivity contribution in [3.05, 3.63) is 59.7 Å². The molecule has 0 heterocycles. The van der Waals surface area contributed by atoms with Crippen LogP contribution >= 0.6 is 0 Å². The largest absolute Gasteiger partial charge is 0.481 e. The van der Waals surface area contributed by atoms with Crippen molar-refractivity contribution in [3.8, 4) is 17.2 Å². The number of hydrogen-bond acceptors (Lipinski definition) is 3. The molecule has 4 nitrogen and oxygen atoms in total. The van der Waals surface area contributed by atoms with Gasteiger partial charge in [0.2, 0.25) is 0 Å². The number of nitrogens with zero attached hydrogens (tertiary/aromatic N) is 1. The molecule has 1 aliphatic rings. The van der Waals surface area contributed by atoms with Crippen molar-refractivity contribution in [2.24, 2.45) is 5.92 Å². The van der Waals surface area contributed by atoms with Crippen molar-refractivity contribution in [2.75, 3.05) is 0 Å². The molecule has 0 bridgehead atoms. The summed E-state index contributed by atoms with van der Waals surface area (Å²) in [5, 5.41) is 21.8. The first-order chi connectivity index (χ1) is 12.2. The van der Waals surface area contributed by atoms with Gasteiger partial charge in [0.15, 0.2) is 0 Å². The van der Waals surface area contributed by atoms with E-state index in [9.17, 15) is 10.1 Å². The summed E-state index contributed by atoms with van der Waals surface area (Å²) in [5.41, 5.74) is 3.88. The lowest BCUT2D eigenvalue weighted by Gasteiger charge is -2.27. The van der Waals surface area contributed by atoms with Gasteiger partial charge in [0.1, 0.15) is 0 Å². The molecule has 2 aromatic rings. The van der Waals surface area contributed by atoms with Crippen LogP contribution in [0.2, 0.25) is 0 Å². The van der Waals surface area contributed by atoms with E-state index in [0.29, 0.717) is 11.6 Å². The summed E-state index contributed by atoms with van der Waals surface area (Å²) in [6.45, 7) is 0.780. The van der Waals surface area contributed by atoms with Crippen molar-refractivity contribution < 1.29 is 9.90 Å². The summed E-state index contributed by atoms with van der Waals surface area (Å²) in [7, 11) is 0. The Balaban J connectivity index is 1.57. The third-order valence-corrected chi connectivity index (χ3v) is 4.98. The molecule has 0 aromatic heterocycles. The third kappa shape index (κ3) is 4.26. The second-order valence-electron chi connectivity index (χ2n) is 6.62. The van der Waals surface area contributed by atoms with Crippen LogP contribution in [0.15, 0.2) is 48.5 Å². The van der Waals surface area contributed by atoms with Crippen LogP contribution in [0.5, 0.6) is 0 Å². The fourth-order valence-electron chi connectivity index (χ4n) is 3.44. The monoisotopic (exact) mass is 334 g/mol. The van der Waals surface area contributed by atoms with E-state index in [-0.39, 0.29) is 5.92 Å². The molecular weight excluding hydrogens is 312 g/mol. The minimum atomic E-state index is -0.660. The normalized spacial score (nSPS) is 20.0. The number of aliphatic carboxylic acids is 1. The molecule has 2 aromatic carbocycles. The van der Waals surface area contributed by atoms with Crippen LogP contribution in [0, 0.1) is 17.2 Å². The van der Waals surface area contributed by atoms with Crippen LogP contribution in [0.25, 0.3) is 11.1 Å². The fraction of sp³-hybridized carbons (Fsp3) is 0.333. The van der Waals surface area contributed by atoms with E-state index in [1.807, 2.05) is 24.3 Å². The summed E-state index contributed by atoms with van der Waals surface area (Å²) in [5.74, 6) is -0.829. The molecule has 2 N–H and O–H groups in total. The molecule has 4 heteroatoms. The van der Waals surface area contributed by atoms with Crippen molar-refractivity contribution in [2.45, 2.75) is 38.3 Å². The predicted molar refractivity (Wildman–Crippen MR) is 96.8 cm³/mol. The van der Waals surface area contributed by atoms with E-state index in [2.05, 4.69) is 35.7 Å². The fourth-order valence-corrected chi connectivity index (χ4v) is 3.44. The molecule has 1 saturated carbocycles. The van der Waals surface area contributed by atoms with Gasteiger partial charge in [0.25, 0.3) is 0 Å². The Kier molecular flexibility index (Phi) is 5.47. The Morgan fingerprint density at radius 1 is 1.08 bits per heavy atom. The zero-order valence-corrected chi connectivity index (χ0v) is 14.1. The van der Waals surface area contributed by atoms with Crippen LogP contribution in [0.3, 0.4) is 0 Å². The number of hydrogen-bond donors (Lipinski definition) is 2. The van der Waals surface area contributed by atoms with E-state index >= 15 is 0 Å². The van der Waals surface area contributed by atoms with Crippen molar-refractivity contribution in [1.29, 1.82) is 5.26 Å². The minimum absolute atomic E-state index is 0.169. The van der Waals surface area contributed by atoms with Crippen molar-refractivity contribution >= 4 is 5.97 Å². The van der Waals surface area contributed by atoms with Crippen molar-refractivity contribution in [3.63, 3.8) is 0 Å². The highest BCUT2D eigenvalue weighted by Gasteiger charge is 2.25. The van der Waals surface area contributed by atoms with Crippen LogP contribution < -0.4 is 5.32 Å². The standard InChI is InChI=1S/C21H22N2O2/c22-13-18-3-1-2-4-20(18)16-7-5-15(6-8-16)14-23-19-11-9-17(10-12-19)21(24)25/h1-8,17,19,23H,9-12,14H2,(H,24,25). The first kappa shape index (κ1) is 17.2. The maximum atomic E-state index is 11.0. The van der Waals surface area contributed by atoms with E-state index in [4.69, 9.17) is 5.11 Å². The molecule has 1 fully saturated rings. The molecule has 0 saturated heterocycles. The van der Waals surface area contributed by atoms with Crippen LogP contribution in [0.1, 0.15) is 36.8 Å². The average Bonchev–Trinajstić information content (AvgIpc) is 2.67. The van der Waals surface area contributed by atoms with Gasteiger partial charge >= 0.3 is 5.97 Å². The second kappa shape index (κ2) is 7.96. The minimum Gasteiger partial charge on any atom is -0.481 e. The van der Waals surface area contributed by atoms with Gasteiger partial charge in [-0.25, -0.2) is 0 Å². The highest BCUT2D eigenvalue weighted by atomic mass is 16.4. The number of nitriles is 1. The molecule has 0 radical (unpaired) electrons. The van der Waals surface area contributed by atoms with Gasteiger partial charge in [-0.3, -0.25) is 4.79 Å². The van der Waals surface area contributed by atoms with Crippen LogP contribution in [-0.4, -0.2) is 17.1 Å². The molecule has 0 unspecified atom stereocenters. The Morgan fingerprint density at radius 3 is 2.40 bits per heavy atom. The summed E-state index contributed by atoms with van der Waals surface area (Å²) in [6.07, 6.45) is 3.36. The number of carboxylic acids is 1. The highest BCUT2D eigenvalue weighted by molar-refractivity contribution is 5.70. The quantitative estimate of drug-likeness (QED) is 0.868. The SMILES string of the molecule is N#Cc1ccccc1-c1ccc(CNC2CCC(C(=O)O)CC2)cc1. The summed E-state index contributed by atoms with van der Waals surface area (Å²) in [4.78, 5) is 11.0. The summed E-state index contributed by atoms with van der Waals surface area (Å²) >= 11 is 0. The maximum absolute atomic E-state index is 11.0. The Bertz CT molecular complexity index is 769. The zero-order valence-electron chi connectivity index (χ0n) is 14.1. The third-order valence-electron chi connectivity index (χ3n) is 4.98. The molecule has 0 amide bonds. The van der Waals surface area contributed by atoms with Crippen LogP contribution in [-0.2, 0) is 11.3 Å². The van der Waals surface area contributed by atoms with E-state index in [1.165, 1.54) is 5.56 Å². The molecule has 1 aliphatic carbocycles. The van der Waals surface area contributed by atoms with Gasteiger partial charge in [-0.2, -0.15) is 5.26 Å². The van der Waals surface area contributed by atoms with Gasteiger partial charge in [-0.15, -0.1) is 0 Å². The number of benzene rings is 2. The lowest BCUT2D eigenvalue weighted by atomic mass is 9.86. The topological polar surface area (TPSA) is 73.1 Å². The molecule has 0 spiro atoms. The van der Waals surface area contributed by atoms with E-state index in [0.717, 1.165) is 43.4 Å². The number of carboxylic acid groups (broad SMARTS) is 1. The smallest absolute Gasteiger partial charge is 0.306 e. The molecule has 128 valence electrons. The lowest BCUT2D eigenvalue weighted by Crippen LogP contribution is -2.34. The molecule has 25 heavy (non-hydrogen) atoms. The van der Waals surface area contributed by atoms with E-state index in [1.54, 1.807) is 0 Å². The number of nitrogens with one attached hydrogen (secondary N) is 1. The number of rotatable bonds is 5. The van der Waals surface area contributed by atoms with Gasteiger partial charge in [0, 0.05) is 12.6 Å². The Morgan fingerprint density at radius 2 is 1.76 bits per heavy atom. The first-order valence-electron chi connectivity index (χ1n) is 8.72. The second-order valence-corrected chi connectivity index (χ2v) is 6.62. The Labute approximate surface area is 148 Å². The van der Waals surface area contributed by atoms with E-state index < -0.39 is 5.97 Å². The highest BCUT2D eigenvalue weighted by Crippen LogP contribution is 2.25. The lowest BCUT2D eigenvalue weighted by molar-refractivity contribution is -0.142. The zero-order chi connectivity index (χ0) is 17.6. The predicted octanol–water partition coefficient (Wildman–Crippen LogP) is 3.96. The van der Waals surface area contributed by atoms with Crippen LogP contribution in [0.4, 0.5) is 0 Å². The maximum Gasteiger partial charge on any atom is 0.306 e. The number of carbonyl (C=O) groups is 1. The summed E-state index contributed by atoms with van der Waals surface area (Å²) < 4.78 is 0. The van der Waals surface area contributed by atoms with Gasteiger partial charge in [-0.1, -0.05) is 42.5 Å².